The van der Waals surface area contributed by atoms with Crippen LogP contribution in [0.5, 0.6) is 5.75 Å². The van der Waals surface area contributed by atoms with Crippen molar-refractivity contribution in [1.29, 1.82) is 0 Å². The maximum absolute atomic E-state index is 13.6. The maximum atomic E-state index is 13.6. The largest absolute Gasteiger partial charge is 0.486 e. The number of Topliss-reactive ketones (excluding diaryl/α,β-unsaturated/α-hetero) is 1. The highest BCUT2D eigenvalue weighted by molar-refractivity contribution is 6.02. The molecule has 25 heavy (non-hydrogen) atoms. The van der Waals surface area contributed by atoms with Gasteiger partial charge in [0.25, 0.3) is 0 Å². The number of fused-ring (bicyclic) bond motifs is 1. The molecular weight excluding hydrogens is 323 g/mol. The quantitative estimate of drug-likeness (QED) is 0.610. The molecule has 130 valence electrons. The van der Waals surface area contributed by atoms with Crippen LogP contribution in [-0.2, 0) is 4.74 Å². The summed E-state index contributed by atoms with van der Waals surface area (Å²) in [5.74, 6) is -0.706. The van der Waals surface area contributed by atoms with Crippen molar-refractivity contribution in [3.8, 4) is 5.75 Å². The van der Waals surface area contributed by atoms with Crippen LogP contribution in [0.3, 0.4) is 0 Å². The molecule has 0 aliphatic carbocycles. The number of benzene rings is 2. The molecule has 0 saturated carbocycles. The molecule has 0 N–H and O–H groups in total. The summed E-state index contributed by atoms with van der Waals surface area (Å²) in [7, 11) is 1.28. The smallest absolute Gasteiger partial charge is 0.337 e. The average Bonchev–Trinajstić information content (AvgIpc) is 3.05. The molecule has 0 amide bonds. The van der Waals surface area contributed by atoms with Crippen LogP contribution in [-0.4, -0.2) is 31.6 Å². The molecule has 1 aliphatic rings. The van der Waals surface area contributed by atoms with Gasteiger partial charge in [-0.2, -0.15) is 0 Å². The van der Waals surface area contributed by atoms with Gasteiger partial charge in [0.15, 0.2) is 5.78 Å². The number of alkyl halides is 1. The van der Waals surface area contributed by atoms with Crippen molar-refractivity contribution in [1.82, 2.24) is 0 Å². The van der Waals surface area contributed by atoms with Crippen LogP contribution >= 0.6 is 0 Å². The monoisotopic (exact) mass is 342 g/mol. The third kappa shape index (κ3) is 3.02. The molecule has 0 bridgehead atoms. The third-order valence-corrected chi connectivity index (χ3v) is 4.45. The van der Waals surface area contributed by atoms with Gasteiger partial charge in [-0.05, 0) is 17.7 Å². The minimum absolute atomic E-state index is 0.159. The molecular formula is C20H19FO4. The van der Waals surface area contributed by atoms with Crippen LogP contribution in [0.2, 0.25) is 0 Å². The van der Waals surface area contributed by atoms with Gasteiger partial charge in [0, 0.05) is 12.0 Å². The number of ether oxygens (including phenoxy) is 2. The molecule has 0 aromatic heterocycles. The maximum Gasteiger partial charge on any atom is 0.337 e. The van der Waals surface area contributed by atoms with Crippen LogP contribution in [0.4, 0.5) is 4.39 Å². The molecule has 2 aromatic carbocycles. The van der Waals surface area contributed by atoms with Crippen LogP contribution in [0.25, 0.3) is 0 Å². The number of carbonyl (C=O) groups is 2. The molecule has 1 aliphatic heterocycles. The van der Waals surface area contributed by atoms with E-state index in [1.807, 2.05) is 30.3 Å². The van der Waals surface area contributed by atoms with Crippen molar-refractivity contribution in [2.24, 2.45) is 0 Å². The second-order valence-corrected chi connectivity index (χ2v) is 5.91. The number of ketones is 1. The summed E-state index contributed by atoms with van der Waals surface area (Å²) in [5.41, 5.74) is 2.09. The van der Waals surface area contributed by atoms with E-state index in [1.54, 1.807) is 13.0 Å². The van der Waals surface area contributed by atoms with Gasteiger partial charge in [0.05, 0.1) is 24.2 Å². The predicted molar refractivity (Wildman–Crippen MR) is 91.1 cm³/mol. The molecule has 2 atom stereocenters. The third-order valence-electron chi connectivity index (χ3n) is 4.45. The van der Waals surface area contributed by atoms with Crippen molar-refractivity contribution >= 4 is 11.8 Å². The van der Waals surface area contributed by atoms with E-state index >= 15 is 0 Å². The van der Waals surface area contributed by atoms with Crippen LogP contribution in [0, 0.1) is 0 Å². The van der Waals surface area contributed by atoms with E-state index in [1.165, 1.54) is 13.2 Å². The van der Waals surface area contributed by atoms with Gasteiger partial charge in [-0.15, -0.1) is 0 Å². The lowest BCUT2D eigenvalue weighted by Gasteiger charge is -2.16. The number of methoxy groups -OCH3 is 1. The Morgan fingerprint density at radius 3 is 2.52 bits per heavy atom. The standard InChI is InChI=1S/C20H19FO4/c1-3-16(22)14-9-13(20(23)24-2)10-15-18(12-7-5-4-6-8-12)17(11-21)25-19(14)15/h4-10,17-18H,3,11H2,1-2H3/t17-,18+/m1/s1. The molecule has 0 saturated heterocycles. The second kappa shape index (κ2) is 7.05. The van der Waals surface area contributed by atoms with E-state index < -0.39 is 18.7 Å². The Morgan fingerprint density at radius 2 is 1.92 bits per heavy atom. The van der Waals surface area contributed by atoms with Gasteiger partial charge in [0.1, 0.15) is 18.5 Å². The zero-order chi connectivity index (χ0) is 18.0. The fraction of sp³-hybridized carbons (Fsp3) is 0.300. The van der Waals surface area contributed by atoms with Crippen LogP contribution in [0.15, 0.2) is 42.5 Å². The number of hydrogen-bond acceptors (Lipinski definition) is 4. The van der Waals surface area contributed by atoms with Crippen molar-refractivity contribution < 1.29 is 23.5 Å². The highest BCUT2D eigenvalue weighted by Gasteiger charge is 2.38. The van der Waals surface area contributed by atoms with Crippen molar-refractivity contribution in [3.05, 3.63) is 64.7 Å². The van der Waals surface area contributed by atoms with Gasteiger partial charge in [0.2, 0.25) is 0 Å². The minimum Gasteiger partial charge on any atom is -0.486 e. The summed E-state index contributed by atoms with van der Waals surface area (Å²) in [6.07, 6.45) is -0.467. The van der Waals surface area contributed by atoms with E-state index in [4.69, 9.17) is 9.47 Å². The van der Waals surface area contributed by atoms with E-state index in [2.05, 4.69) is 0 Å². The fourth-order valence-electron chi connectivity index (χ4n) is 3.24. The summed E-state index contributed by atoms with van der Waals surface area (Å²) in [6, 6.07) is 12.5. The second-order valence-electron chi connectivity index (χ2n) is 5.91. The highest BCUT2D eigenvalue weighted by Crippen LogP contribution is 2.45. The highest BCUT2D eigenvalue weighted by atomic mass is 19.1. The van der Waals surface area contributed by atoms with E-state index in [0.29, 0.717) is 16.9 Å². The predicted octanol–water partition coefficient (Wildman–Crippen LogP) is 3.93. The van der Waals surface area contributed by atoms with Gasteiger partial charge in [-0.25, -0.2) is 9.18 Å². The topological polar surface area (TPSA) is 52.6 Å². The Hall–Kier alpha value is -2.69. The number of rotatable bonds is 5. The first-order chi connectivity index (χ1) is 12.1. The molecule has 0 unspecified atom stereocenters. The normalized spacial score (nSPS) is 18.4. The van der Waals surface area contributed by atoms with Crippen molar-refractivity contribution in [2.75, 3.05) is 13.8 Å². The lowest BCUT2D eigenvalue weighted by atomic mass is 9.86. The summed E-state index contributed by atoms with van der Waals surface area (Å²) in [5, 5.41) is 0. The van der Waals surface area contributed by atoms with Gasteiger partial charge in [-0.3, -0.25) is 4.79 Å². The van der Waals surface area contributed by atoms with Crippen LogP contribution in [0.1, 0.15) is 51.1 Å². The Labute approximate surface area is 145 Å². The van der Waals surface area contributed by atoms with E-state index in [9.17, 15) is 14.0 Å². The number of carbonyl (C=O) groups excluding carboxylic acids is 2. The Bertz CT molecular complexity index is 801. The van der Waals surface area contributed by atoms with E-state index in [0.717, 1.165) is 5.56 Å². The molecule has 0 spiro atoms. The summed E-state index contributed by atoms with van der Waals surface area (Å²) < 4.78 is 24.2. The molecule has 0 radical (unpaired) electrons. The van der Waals surface area contributed by atoms with Crippen molar-refractivity contribution in [3.63, 3.8) is 0 Å². The lowest BCUT2D eigenvalue weighted by molar-refractivity contribution is 0.0600. The lowest BCUT2D eigenvalue weighted by Crippen LogP contribution is -2.22. The zero-order valence-electron chi connectivity index (χ0n) is 14.1. The molecule has 0 fully saturated rings. The Morgan fingerprint density at radius 1 is 1.20 bits per heavy atom. The Kier molecular flexibility index (Phi) is 4.83. The number of hydrogen-bond donors (Lipinski definition) is 0. The van der Waals surface area contributed by atoms with Gasteiger partial charge < -0.3 is 9.47 Å². The number of esters is 1. The first kappa shape index (κ1) is 17.1. The minimum atomic E-state index is -0.728. The van der Waals surface area contributed by atoms with Gasteiger partial charge in [-0.1, -0.05) is 37.3 Å². The van der Waals surface area contributed by atoms with Crippen molar-refractivity contribution in [2.45, 2.75) is 25.4 Å². The molecule has 4 nitrogen and oxygen atoms in total. The molecule has 5 heteroatoms. The van der Waals surface area contributed by atoms with Crippen LogP contribution < -0.4 is 4.74 Å². The fourth-order valence-corrected chi connectivity index (χ4v) is 3.24. The number of halogens is 1. The SMILES string of the molecule is CCC(=O)c1cc(C(=O)OC)cc2c1O[C@H](CF)[C@H]2c1ccccc1. The van der Waals surface area contributed by atoms with E-state index in [-0.39, 0.29) is 23.7 Å². The summed E-state index contributed by atoms with van der Waals surface area (Å²) >= 11 is 0. The first-order valence-electron chi connectivity index (χ1n) is 8.17. The summed E-state index contributed by atoms with van der Waals surface area (Å²) in [4.78, 5) is 24.4. The average molecular weight is 342 g/mol. The van der Waals surface area contributed by atoms with Gasteiger partial charge >= 0.3 is 5.97 Å². The zero-order valence-corrected chi connectivity index (χ0v) is 14.1. The molecule has 1 heterocycles. The molecule has 2 aromatic rings. The summed E-state index contributed by atoms with van der Waals surface area (Å²) in [6.45, 7) is 1.04. The molecule has 3 rings (SSSR count). The Balaban J connectivity index is 2.21. The first-order valence-corrected chi connectivity index (χ1v) is 8.17.